The molecule has 0 atom stereocenters. The summed E-state index contributed by atoms with van der Waals surface area (Å²) in [6.45, 7) is 2.01. The second kappa shape index (κ2) is 22.7. The van der Waals surface area contributed by atoms with Crippen LogP contribution in [0.15, 0.2) is 0 Å². The highest BCUT2D eigenvalue weighted by Crippen LogP contribution is 2.12. The van der Waals surface area contributed by atoms with Gasteiger partial charge in [0.05, 0.1) is 13.2 Å². The molecule has 0 aliphatic rings. The van der Waals surface area contributed by atoms with Crippen LogP contribution in [0, 0.1) is 0 Å². The molecule has 0 aromatic heterocycles. The summed E-state index contributed by atoms with van der Waals surface area (Å²) in [6, 6.07) is 0. The zero-order valence-electron chi connectivity index (χ0n) is 14.6. The van der Waals surface area contributed by atoms with Crippen molar-refractivity contribution in [1.29, 1.82) is 0 Å². The van der Waals surface area contributed by atoms with Crippen LogP contribution in [0.4, 0.5) is 0 Å². The van der Waals surface area contributed by atoms with Gasteiger partial charge in [-0.3, -0.25) is 4.79 Å². The van der Waals surface area contributed by atoms with Crippen LogP contribution in [0.2, 0.25) is 0 Å². The van der Waals surface area contributed by atoms with Gasteiger partial charge in [-0.05, 0) is 6.42 Å². The Bertz CT molecular complexity index is 205. The third-order valence-corrected chi connectivity index (χ3v) is 3.59. The molecule has 22 heavy (non-hydrogen) atoms. The number of carboxylic acids is 1. The highest BCUT2D eigenvalue weighted by atomic mass is 16.4. The summed E-state index contributed by atoms with van der Waals surface area (Å²) in [7, 11) is 0. The smallest absolute Gasteiger partial charge is 0.303 e. The van der Waals surface area contributed by atoms with Crippen LogP contribution < -0.4 is 0 Å². The van der Waals surface area contributed by atoms with Gasteiger partial charge < -0.3 is 15.3 Å². The second-order valence-corrected chi connectivity index (χ2v) is 5.83. The average molecular weight is 318 g/mol. The Balaban J connectivity index is 0. The van der Waals surface area contributed by atoms with Crippen LogP contribution in [0.1, 0.15) is 96.8 Å². The minimum Gasteiger partial charge on any atom is -0.481 e. The van der Waals surface area contributed by atoms with Gasteiger partial charge in [-0.25, -0.2) is 0 Å². The first-order valence-corrected chi connectivity index (χ1v) is 9.12. The Labute approximate surface area is 136 Å². The molecule has 0 aliphatic carbocycles. The molecule has 0 amide bonds. The molecule has 3 N–H and O–H groups in total. The van der Waals surface area contributed by atoms with E-state index in [0.29, 0.717) is 6.42 Å². The summed E-state index contributed by atoms with van der Waals surface area (Å²) < 4.78 is 0. The van der Waals surface area contributed by atoms with E-state index in [9.17, 15) is 4.79 Å². The number of rotatable bonds is 15. The maximum atomic E-state index is 10.3. The summed E-state index contributed by atoms with van der Waals surface area (Å²) in [5, 5.41) is 23.7. The first-order valence-electron chi connectivity index (χ1n) is 9.12. The zero-order chi connectivity index (χ0) is 16.9. The second-order valence-electron chi connectivity index (χ2n) is 5.83. The fourth-order valence-corrected chi connectivity index (χ4v) is 2.29. The summed E-state index contributed by atoms with van der Waals surface area (Å²) in [5.74, 6) is -0.655. The summed E-state index contributed by atoms with van der Waals surface area (Å²) in [4.78, 5) is 10.3. The van der Waals surface area contributed by atoms with Crippen LogP contribution in [0.25, 0.3) is 0 Å². The van der Waals surface area contributed by atoms with Crippen LogP contribution in [-0.4, -0.2) is 34.5 Å². The monoisotopic (exact) mass is 318 g/mol. The lowest BCUT2D eigenvalue weighted by Gasteiger charge is -2.02. The topological polar surface area (TPSA) is 77.8 Å². The number of hydrogen-bond donors (Lipinski definition) is 3. The standard InChI is InChI=1S/C16H32O2.C2H6O2/c1-2-3-4-5-6-7-8-9-10-11-12-13-14-15-16(17)18;3-1-2-4/h2-15H2,1H3,(H,17,18);3-4H,1-2H2. The van der Waals surface area contributed by atoms with E-state index in [2.05, 4.69) is 6.92 Å². The number of aliphatic hydroxyl groups is 2. The van der Waals surface area contributed by atoms with Crippen LogP contribution in [-0.2, 0) is 4.79 Å². The van der Waals surface area contributed by atoms with Gasteiger partial charge in [-0.2, -0.15) is 0 Å². The van der Waals surface area contributed by atoms with Gasteiger partial charge >= 0.3 is 5.97 Å². The SMILES string of the molecule is CCCCCCCCCCCCCCCC(=O)O.OCCO. The normalized spacial score (nSPS) is 10.1. The molecule has 0 aromatic carbocycles. The molecule has 0 saturated heterocycles. The molecule has 0 fully saturated rings. The van der Waals surface area contributed by atoms with Gasteiger partial charge in [0, 0.05) is 6.42 Å². The van der Waals surface area contributed by atoms with E-state index in [0.717, 1.165) is 12.8 Å². The first kappa shape index (κ1) is 23.7. The molecular formula is C18H38O4. The van der Waals surface area contributed by atoms with Crippen molar-refractivity contribution >= 4 is 5.97 Å². The number of aliphatic carboxylic acids is 1. The Morgan fingerprint density at radius 3 is 1.23 bits per heavy atom. The van der Waals surface area contributed by atoms with E-state index >= 15 is 0 Å². The molecule has 0 spiro atoms. The molecule has 134 valence electrons. The van der Waals surface area contributed by atoms with E-state index in [1.165, 1.54) is 70.6 Å². The number of carbonyl (C=O) groups is 1. The molecule has 0 heterocycles. The van der Waals surface area contributed by atoms with E-state index in [1.54, 1.807) is 0 Å². The third kappa shape index (κ3) is 27.7. The summed E-state index contributed by atoms with van der Waals surface area (Å²) >= 11 is 0. The van der Waals surface area contributed by atoms with Crippen molar-refractivity contribution < 1.29 is 20.1 Å². The summed E-state index contributed by atoms with van der Waals surface area (Å²) in [5.41, 5.74) is 0. The van der Waals surface area contributed by atoms with Gasteiger partial charge in [0.2, 0.25) is 0 Å². The fraction of sp³-hybridized carbons (Fsp3) is 0.944. The fourth-order valence-electron chi connectivity index (χ4n) is 2.29. The van der Waals surface area contributed by atoms with E-state index < -0.39 is 5.97 Å². The van der Waals surface area contributed by atoms with E-state index in [-0.39, 0.29) is 13.2 Å². The lowest BCUT2D eigenvalue weighted by Crippen LogP contribution is -1.93. The molecule has 0 saturated carbocycles. The quantitative estimate of drug-likeness (QED) is 0.388. The Morgan fingerprint density at radius 2 is 0.955 bits per heavy atom. The van der Waals surface area contributed by atoms with Crippen LogP contribution >= 0.6 is 0 Å². The molecule has 0 unspecified atom stereocenters. The minimum absolute atomic E-state index is 0.125. The largest absolute Gasteiger partial charge is 0.481 e. The Hall–Kier alpha value is -0.610. The predicted octanol–water partition coefficient (Wildman–Crippen LogP) is 4.52. The maximum Gasteiger partial charge on any atom is 0.303 e. The molecule has 0 bridgehead atoms. The molecule has 0 rings (SSSR count). The Kier molecular flexibility index (Phi) is 24.4. The lowest BCUT2D eigenvalue weighted by atomic mass is 10.0. The Morgan fingerprint density at radius 1 is 0.636 bits per heavy atom. The highest BCUT2D eigenvalue weighted by Gasteiger charge is 1.96. The van der Waals surface area contributed by atoms with Gasteiger partial charge in [0.1, 0.15) is 0 Å². The average Bonchev–Trinajstić information content (AvgIpc) is 2.52. The van der Waals surface area contributed by atoms with Crippen molar-refractivity contribution in [1.82, 2.24) is 0 Å². The number of hydrogen-bond acceptors (Lipinski definition) is 3. The van der Waals surface area contributed by atoms with Crippen molar-refractivity contribution in [3.8, 4) is 0 Å². The molecule has 4 heteroatoms. The summed E-state index contributed by atoms with van der Waals surface area (Å²) in [6.07, 6.45) is 17.3. The number of aliphatic hydroxyl groups excluding tert-OH is 2. The van der Waals surface area contributed by atoms with Gasteiger partial charge in [-0.15, -0.1) is 0 Å². The van der Waals surface area contributed by atoms with Crippen molar-refractivity contribution in [2.45, 2.75) is 96.8 Å². The van der Waals surface area contributed by atoms with E-state index in [1.807, 2.05) is 0 Å². The molecule has 0 aromatic rings. The molecule has 0 radical (unpaired) electrons. The lowest BCUT2D eigenvalue weighted by molar-refractivity contribution is -0.137. The molecule has 0 aliphatic heterocycles. The predicted molar refractivity (Wildman–Crippen MR) is 92.1 cm³/mol. The van der Waals surface area contributed by atoms with Crippen LogP contribution in [0.3, 0.4) is 0 Å². The van der Waals surface area contributed by atoms with Gasteiger partial charge in [-0.1, -0.05) is 84.0 Å². The number of carboxylic acid groups (broad SMARTS) is 1. The maximum absolute atomic E-state index is 10.3. The number of unbranched alkanes of at least 4 members (excludes halogenated alkanes) is 12. The molecule has 4 nitrogen and oxygen atoms in total. The first-order chi connectivity index (χ1) is 10.7. The van der Waals surface area contributed by atoms with Crippen molar-refractivity contribution in [2.75, 3.05) is 13.2 Å². The van der Waals surface area contributed by atoms with Gasteiger partial charge in [0.15, 0.2) is 0 Å². The van der Waals surface area contributed by atoms with Gasteiger partial charge in [0.25, 0.3) is 0 Å². The van der Waals surface area contributed by atoms with Crippen molar-refractivity contribution in [2.24, 2.45) is 0 Å². The van der Waals surface area contributed by atoms with E-state index in [4.69, 9.17) is 15.3 Å². The highest BCUT2D eigenvalue weighted by molar-refractivity contribution is 5.66. The zero-order valence-corrected chi connectivity index (χ0v) is 14.6. The third-order valence-electron chi connectivity index (χ3n) is 3.59. The van der Waals surface area contributed by atoms with Crippen molar-refractivity contribution in [3.63, 3.8) is 0 Å². The van der Waals surface area contributed by atoms with Crippen LogP contribution in [0.5, 0.6) is 0 Å². The molecular weight excluding hydrogens is 280 g/mol. The van der Waals surface area contributed by atoms with Crippen molar-refractivity contribution in [3.05, 3.63) is 0 Å². The minimum atomic E-state index is -0.655.